The second kappa shape index (κ2) is 8.96. The van der Waals surface area contributed by atoms with Crippen LogP contribution in [0.1, 0.15) is 11.4 Å². The Morgan fingerprint density at radius 3 is 2.28 bits per heavy atom. The summed E-state index contributed by atoms with van der Waals surface area (Å²) in [4.78, 5) is 25.8. The quantitative estimate of drug-likeness (QED) is 0.440. The molecule has 32 heavy (non-hydrogen) atoms. The average molecular weight is 447 g/mol. The van der Waals surface area contributed by atoms with Crippen molar-refractivity contribution < 1.29 is 4.79 Å². The second-order valence-corrected chi connectivity index (χ2v) is 8.02. The summed E-state index contributed by atoms with van der Waals surface area (Å²) in [7, 11) is 0. The Balaban J connectivity index is 1.55. The number of hydrogen-bond donors (Lipinski definition) is 0. The summed E-state index contributed by atoms with van der Waals surface area (Å²) >= 11 is 5.74. The molecule has 8 heteroatoms. The van der Waals surface area contributed by atoms with Crippen molar-refractivity contribution in [3.05, 3.63) is 78.2 Å². The molecule has 0 unspecified atom stereocenters. The largest absolute Gasteiger partial charge is 0.352 e. The van der Waals surface area contributed by atoms with Crippen LogP contribution in [-0.2, 0) is 11.2 Å². The molecule has 1 aliphatic rings. The van der Waals surface area contributed by atoms with Gasteiger partial charge in [-0.2, -0.15) is 5.10 Å². The molecule has 3 heterocycles. The standard InChI is InChI=1S/C24H23ClN6O/c25-16-22(32)29-11-13-30(14-12-29)23-20-17-26-31(19-9-5-2-6-10-19)24(20)28-21(27-23)15-18-7-3-1-4-8-18/h1-10,17H,11-16H2. The molecule has 0 radical (unpaired) electrons. The molecule has 1 fully saturated rings. The highest BCUT2D eigenvalue weighted by Crippen LogP contribution is 2.27. The van der Waals surface area contributed by atoms with Crippen molar-refractivity contribution in [2.24, 2.45) is 0 Å². The van der Waals surface area contributed by atoms with E-state index in [1.165, 1.54) is 0 Å². The monoisotopic (exact) mass is 446 g/mol. The predicted molar refractivity (Wildman–Crippen MR) is 125 cm³/mol. The molecule has 0 aliphatic carbocycles. The molecule has 2 aromatic carbocycles. The molecule has 0 spiro atoms. The maximum Gasteiger partial charge on any atom is 0.237 e. The van der Waals surface area contributed by atoms with Crippen LogP contribution >= 0.6 is 11.6 Å². The van der Waals surface area contributed by atoms with Crippen molar-refractivity contribution in [3.8, 4) is 5.69 Å². The lowest BCUT2D eigenvalue weighted by atomic mass is 10.1. The highest BCUT2D eigenvalue weighted by molar-refractivity contribution is 6.27. The number of piperazine rings is 1. The van der Waals surface area contributed by atoms with Gasteiger partial charge in [0.2, 0.25) is 5.91 Å². The van der Waals surface area contributed by atoms with Crippen LogP contribution in [0.5, 0.6) is 0 Å². The lowest BCUT2D eigenvalue weighted by molar-refractivity contribution is -0.128. The summed E-state index contributed by atoms with van der Waals surface area (Å²) < 4.78 is 1.86. The number of anilines is 1. The van der Waals surface area contributed by atoms with E-state index in [9.17, 15) is 4.79 Å². The van der Waals surface area contributed by atoms with Crippen molar-refractivity contribution >= 4 is 34.4 Å². The van der Waals surface area contributed by atoms with E-state index in [1.54, 1.807) is 4.90 Å². The molecule has 0 saturated carbocycles. The molecule has 0 bridgehead atoms. The second-order valence-electron chi connectivity index (χ2n) is 7.76. The number of carbonyl (C=O) groups is 1. The zero-order valence-electron chi connectivity index (χ0n) is 17.6. The third kappa shape index (κ3) is 4.03. The molecule has 1 aliphatic heterocycles. The number of amides is 1. The van der Waals surface area contributed by atoms with Gasteiger partial charge in [-0.3, -0.25) is 4.79 Å². The smallest absolute Gasteiger partial charge is 0.237 e. The van der Waals surface area contributed by atoms with E-state index in [2.05, 4.69) is 22.1 Å². The number of rotatable bonds is 5. The highest BCUT2D eigenvalue weighted by atomic mass is 35.5. The number of hydrogen-bond acceptors (Lipinski definition) is 5. The van der Waals surface area contributed by atoms with Gasteiger partial charge in [-0.05, 0) is 17.7 Å². The van der Waals surface area contributed by atoms with Crippen LogP contribution in [0.25, 0.3) is 16.7 Å². The van der Waals surface area contributed by atoms with Gasteiger partial charge in [-0.25, -0.2) is 14.6 Å². The Kier molecular flexibility index (Phi) is 5.73. The van der Waals surface area contributed by atoms with Crippen molar-refractivity contribution in [2.45, 2.75) is 6.42 Å². The van der Waals surface area contributed by atoms with Gasteiger partial charge in [-0.15, -0.1) is 11.6 Å². The maximum atomic E-state index is 12.0. The van der Waals surface area contributed by atoms with E-state index >= 15 is 0 Å². The van der Waals surface area contributed by atoms with Crippen molar-refractivity contribution in [3.63, 3.8) is 0 Å². The Bertz CT molecular complexity index is 1220. The average Bonchev–Trinajstić information content (AvgIpc) is 3.28. The van der Waals surface area contributed by atoms with Gasteiger partial charge >= 0.3 is 0 Å². The molecular weight excluding hydrogens is 424 g/mol. The number of aromatic nitrogens is 4. The molecule has 5 rings (SSSR count). The first kappa shape index (κ1) is 20.5. The van der Waals surface area contributed by atoms with Gasteiger partial charge < -0.3 is 9.80 Å². The topological polar surface area (TPSA) is 67.2 Å². The minimum absolute atomic E-state index is 0.0167. The summed E-state index contributed by atoms with van der Waals surface area (Å²) in [6.07, 6.45) is 2.47. The fourth-order valence-corrected chi connectivity index (χ4v) is 4.21. The number of fused-ring (bicyclic) bond motifs is 1. The number of nitrogens with zero attached hydrogens (tertiary/aromatic N) is 6. The normalized spacial score (nSPS) is 14.2. The van der Waals surface area contributed by atoms with Crippen LogP contribution in [0.4, 0.5) is 5.82 Å². The molecule has 1 amide bonds. The Labute approximate surface area is 191 Å². The number of carbonyl (C=O) groups excluding carboxylic acids is 1. The third-order valence-corrected chi connectivity index (χ3v) is 5.94. The Morgan fingerprint density at radius 2 is 1.59 bits per heavy atom. The molecule has 2 aromatic heterocycles. The zero-order valence-corrected chi connectivity index (χ0v) is 18.3. The molecular formula is C24H23ClN6O. The van der Waals surface area contributed by atoms with E-state index in [0.29, 0.717) is 32.6 Å². The summed E-state index contributed by atoms with van der Waals surface area (Å²) in [6, 6.07) is 20.2. The van der Waals surface area contributed by atoms with Crippen molar-refractivity contribution in [1.29, 1.82) is 0 Å². The lowest BCUT2D eigenvalue weighted by Crippen LogP contribution is -2.49. The Hall–Kier alpha value is -3.45. The fraction of sp³-hybridized carbons (Fsp3) is 0.250. The highest BCUT2D eigenvalue weighted by Gasteiger charge is 2.24. The molecule has 162 valence electrons. The lowest BCUT2D eigenvalue weighted by Gasteiger charge is -2.35. The number of benzene rings is 2. The summed E-state index contributed by atoms with van der Waals surface area (Å²) in [5.41, 5.74) is 2.89. The summed E-state index contributed by atoms with van der Waals surface area (Å²) in [5.74, 6) is 1.60. The van der Waals surface area contributed by atoms with Crippen LogP contribution < -0.4 is 4.90 Å². The Morgan fingerprint density at radius 1 is 0.906 bits per heavy atom. The van der Waals surface area contributed by atoms with Crippen LogP contribution in [0.2, 0.25) is 0 Å². The minimum Gasteiger partial charge on any atom is -0.352 e. The molecule has 0 N–H and O–H groups in total. The van der Waals surface area contributed by atoms with Crippen molar-refractivity contribution in [1.82, 2.24) is 24.6 Å². The van der Waals surface area contributed by atoms with Crippen LogP contribution in [0.3, 0.4) is 0 Å². The number of para-hydroxylation sites is 1. The van der Waals surface area contributed by atoms with E-state index in [1.807, 2.05) is 59.4 Å². The maximum absolute atomic E-state index is 12.0. The SMILES string of the molecule is O=C(CCl)N1CCN(c2nc(Cc3ccccc3)nc3c2cnn3-c2ccccc2)CC1. The van der Waals surface area contributed by atoms with Crippen LogP contribution in [0.15, 0.2) is 66.9 Å². The van der Waals surface area contributed by atoms with E-state index < -0.39 is 0 Å². The van der Waals surface area contributed by atoms with Crippen molar-refractivity contribution in [2.75, 3.05) is 37.0 Å². The zero-order chi connectivity index (χ0) is 21.9. The molecule has 1 saturated heterocycles. The first-order valence-corrected chi connectivity index (χ1v) is 11.2. The fourth-order valence-electron chi connectivity index (χ4n) is 4.05. The first-order chi connectivity index (χ1) is 15.7. The summed E-state index contributed by atoms with van der Waals surface area (Å²) in [6.45, 7) is 2.63. The van der Waals surface area contributed by atoms with Gasteiger partial charge in [0.05, 0.1) is 17.3 Å². The molecule has 4 aromatic rings. The van der Waals surface area contributed by atoms with Gasteiger partial charge in [0, 0.05) is 32.6 Å². The van der Waals surface area contributed by atoms with E-state index in [4.69, 9.17) is 21.6 Å². The number of alkyl halides is 1. The van der Waals surface area contributed by atoms with Crippen LogP contribution in [-0.4, -0.2) is 62.6 Å². The molecule has 0 atom stereocenters. The number of halogens is 1. The van der Waals surface area contributed by atoms with Gasteiger partial charge in [0.25, 0.3) is 0 Å². The van der Waals surface area contributed by atoms with Gasteiger partial charge in [-0.1, -0.05) is 48.5 Å². The minimum atomic E-state index is -0.0270. The molecule has 7 nitrogen and oxygen atoms in total. The van der Waals surface area contributed by atoms with E-state index in [-0.39, 0.29) is 11.8 Å². The summed E-state index contributed by atoms with van der Waals surface area (Å²) in [5, 5.41) is 5.54. The van der Waals surface area contributed by atoms with Gasteiger partial charge in [0.15, 0.2) is 5.65 Å². The first-order valence-electron chi connectivity index (χ1n) is 10.7. The van der Waals surface area contributed by atoms with Gasteiger partial charge in [0.1, 0.15) is 17.5 Å². The predicted octanol–water partition coefficient (Wildman–Crippen LogP) is 3.29. The third-order valence-electron chi connectivity index (χ3n) is 5.71. The van der Waals surface area contributed by atoms with Crippen LogP contribution in [0, 0.1) is 0 Å². The van der Waals surface area contributed by atoms with E-state index in [0.717, 1.165) is 33.9 Å².